The predicted molar refractivity (Wildman–Crippen MR) is 111 cm³/mol. The highest BCUT2D eigenvalue weighted by Crippen LogP contribution is 2.45. The van der Waals surface area contributed by atoms with Crippen molar-refractivity contribution in [2.45, 2.75) is 12.2 Å². The Balaban J connectivity index is 1.72. The average Bonchev–Trinajstić information content (AvgIpc) is 3.21. The fourth-order valence-corrected chi connectivity index (χ4v) is 5.56. The third-order valence-corrected chi connectivity index (χ3v) is 6.98. The van der Waals surface area contributed by atoms with Crippen LogP contribution >= 0.6 is 23.1 Å². The Kier molecular flexibility index (Phi) is 4.36. The first kappa shape index (κ1) is 18.3. The summed E-state index contributed by atoms with van der Waals surface area (Å²) in [6.45, 7) is 1.80. The summed E-state index contributed by atoms with van der Waals surface area (Å²) in [6, 6.07) is 11.1. The molecule has 0 spiro atoms. The van der Waals surface area contributed by atoms with Crippen LogP contribution in [-0.2, 0) is 4.79 Å². The van der Waals surface area contributed by atoms with Gasteiger partial charge < -0.3 is 5.32 Å². The van der Waals surface area contributed by atoms with Gasteiger partial charge in [-0.2, -0.15) is 9.78 Å². The van der Waals surface area contributed by atoms with E-state index in [0.29, 0.717) is 22.2 Å². The number of thiazole rings is 1. The van der Waals surface area contributed by atoms with Crippen molar-refractivity contribution < 1.29 is 13.6 Å². The molecule has 1 aliphatic heterocycles. The van der Waals surface area contributed by atoms with Gasteiger partial charge in [0.05, 0.1) is 26.9 Å². The van der Waals surface area contributed by atoms with Gasteiger partial charge in [-0.25, -0.2) is 13.8 Å². The number of nitrogens with zero attached hydrogens (tertiary/aromatic N) is 3. The SMILES string of the molecule is Cc1nn(-c2nc3ccccc3s2)c2c1[C@@H](c1cc(F)ccc1F)SCC(=O)N2. The van der Waals surface area contributed by atoms with Crippen molar-refractivity contribution in [1.29, 1.82) is 0 Å². The highest BCUT2D eigenvalue weighted by molar-refractivity contribution is 8.00. The van der Waals surface area contributed by atoms with Gasteiger partial charge in [-0.1, -0.05) is 23.5 Å². The molecule has 0 radical (unpaired) electrons. The molecule has 0 aliphatic carbocycles. The molecule has 1 amide bonds. The second kappa shape index (κ2) is 6.93. The van der Waals surface area contributed by atoms with Gasteiger partial charge in [0.15, 0.2) is 0 Å². The van der Waals surface area contributed by atoms with E-state index in [1.807, 2.05) is 24.3 Å². The smallest absolute Gasteiger partial charge is 0.235 e. The molecule has 3 heterocycles. The van der Waals surface area contributed by atoms with Crippen molar-refractivity contribution in [2.24, 2.45) is 0 Å². The predicted octanol–water partition coefficient (Wildman–Crippen LogP) is 4.84. The zero-order chi connectivity index (χ0) is 20.1. The van der Waals surface area contributed by atoms with E-state index >= 15 is 0 Å². The van der Waals surface area contributed by atoms with Crippen molar-refractivity contribution in [1.82, 2.24) is 14.8 Å². The van der Waals surface area contributed by atoms with Crippen LogP contribution in [0.2, 0.25) is 0 Å². The Bertz CT molecular complexity index is 1230. The normalized spacial score (nSPS) is 16.5. The van der Waals surface area contributed by atoms with E-state index in [4.69, 9.17) is 0 Å². The van der Waals surface area contributed by atoms with Gasteiger partial charge in [-0.3, -0.25) is 4.79 Å². The fraction of sp³-hybridized carbons (Fsp3) is 0.150. The molecule has 146 valence electrons. The lowest BCUT2D eigenvalue weighted by atomic mass is 10.0. The maximum absolute atomic E-state index is 14.6. The number of hydrogen-bond donors (Lipinski definition) is 1. The number of carbonyl (C=O) groups is 1. The largest absolute Gasteiger partial charge is 0.310 e. The Hall–Kier alpha value is -2.78. The van der Waals surface area contributed by atoms with E-state index in [0.717, 1.165) is 22.3 Å². The van der Waals surface area contributed by atoms with Crippen LogP contribution in [-0.4, -0.2) is 26.4 Å². The summed E-state index contributed by atoms with van der Waals surface area (Å²) < 4.78 is 31.0. The minimum atomic E-state index is -0.567. The van der Waals surface area contributed by atoms with Crippen molar-refractivity contribution in [3.05, 3.63) is 70.9 Å². The third-order valence-electron chi connectivity index (χ3n) is 4.71. The molecular weight excluding hydrogens is 414 g/mol. The molecule has 4 aromatic rings. The molecule has 29 heavy (non-hydrogen) atoms. The molecule has 9 heteroatoms. The van der Waals surface area contributed by atoms with Gasteiger partial charge in [-0.15, -0.1) is 11.8 Å². The summed E-state index contributed by atoms with van der Waals surface area (Å²) in [6.07, 6.45) is 0. The van der Waals surface area contributed by atoms with E-state index in [2.05, 4.69) is 15.4 Å². The first-order chi connectivity index (χ1) is 14.0. The van der Waals surface area contributed by atoms with Gasteiger partial charge >= 0.3 is 0 Å². The molecule has 1 aliphatic rings. The molecule has 0 fully saturated rings. The molecule has 1 atom stereocenters. The highest BCUT2D eigenvalue weighted by atomic mass is 32.2. The van der Waals surface area contributed by atoms with Crippen LogP contribution in [0.25, 0.3) is 15.3 Å². The minimum absolute atomic E-state index is 0.120. The summed E-state index contributed by atoms with van der Waals surface area (Å²) in [7, 11) is 0. The van der Waals surface area contributed by atoms with Crippen LogP contribution in [0.1, 0.15) is 22.1 Å². The number of rotatable bonds is 2. The van der Waals surface area contributed by atoms with E-state index in [1.165, 1.54) is 29.2 Å². The minimum Gasteiger partial charge on any atom is -0.310 e. The Morgan fingerprint density at radius 2 is 2.03 bits per heavy atom. The molecule has 0 saturated carbocycles. The maximum Gasteiger partial charge on any atom is 0.235 e. The number of fused-ring (bicyclic) bond motifs is 2. The molecule has 1 N–H and O–H groups in total. The van der Waals surface area contributed by atoms with E-state index in [1.54, 1.807) is 11.6 Å². The first-order valence-corrected chi connectivity index (χ1v) is 10.7. The number of halogens is 2. The molecule has 0 bridgehead atoms. The third kappa shape index (κ3) is 3.10. The number of benzene rings is 2. The molecule has 0 saturated heterocycles. The number of para-hydroxylation sites is 1. The molecular formula is C20H14F2N4OS2. The maximum atomic E-state index is 14.6. The van der Waals surface area contributed by atoms with Crippen molar-refractivity contribution >= 4 is 45.0 Å². The van der Waals surface area contributed by atoms with E-state index in [-0.39, 0.29) is 17.2 Å². The monoisotopic (exact) mass is 428 g/mol. The standard InChI is InChI=1S/C20H14F2N4OS2/c1-10-17-18(12-8-11(21)6-7-13(12)22)28-9-16(27)24-19(17)26(25-10)20-23-14-4-2-3-5-15(14)29-20/h2-8,18H,9H2,1H3,(H,24,27)/t18-/m1/s1. The molecule has 5 nitrogen and oxygen atoms in total. The number of carbonyl (C=O) groups excluding carboxylic acids is 1. The van der Waals surface area contributed by atoms with Gasteiger partial charge in [0, 0.05) is 11.1 Å². The van der Waals surface area contributed by atoms with Crippen molar-refractivity contribution in [3.8, 4) is 5.13 Å². The van der Waals surface area contributed by atoms with Crippen LogP contribution in [0.5, 0.6) is 0 Å². The second-order valence-corrected chi connectivity index (χ2v) is 8.73. The molecule has 5 rings (SSSR count). The van der Waals surface area contributed by atoms with Crippen LogP contribution in [0.4, 0.5) is 14.6 Å². The number of anilines is 1. The van der Waals surface area contributed by atoms with Crippen LogP contribution in [0.3, 0.4) is 0 Å². The number of amides is 1. The molecule has 2 aromatic heterocycles. The number of aryl methyl sites for hydroxylation is 1. The van der Waals surface area contributed by atoms with Gasteiger partial charge in [0.1, 0.15) is 17.5 Å². The molecule has 0 unspecified atom stereocenters. The van der Waals surface area contributed by atoms with Gasteiger partial charge in [0.2, 0.25) is 11.0 Å². The number of hydrogen-bond acceptors (Lipinski definition) is 5. The second-order valence-electron chi connectivity index (χ2n) is 6.63. The first-order valence-electron chi connectivity index (χ1n) is 8.83. The van der Waals surface area contributed by atoms with E-state index < -0.39 is 16.9 Å². The van der Waals surface area contributed by atoms with Crippen LogP contribution < -0.4 is 5.32 Å². The van der Waals surface area contributed by atoms with Crippen molar-refractivity contribution in [2.75, 3.05) is 11.1 Å². The average molecular weight is 428 g/mol. The van der Waals surface area contributed by atoms with Crippen LogP contribution in [0, 0.1) is 18.6 Å². The zero-order valence-electron chi connectivity index (χ0n) is 15.1. The zero-order valence-corrected chi connectivity index (χ0v) is 16.8. The Morgan fingerprint density at radius 1 is 1.21 bits per heavy atom. The van der Waals surface area contributed by atoms with Crippen LogP contribution in [0.15, 0.2) is 42.5 Å². The quantitative estimate of drug-likeness (QED) is 0.496. The lowest BCUT2D eigenvalue weighted by molar-refractivity contribution is -0.113. The Morgan fingerprint density at radius 3 is 2.86 bits per heavy atom. The number of aromatic nitrogens is 3. The fourth-order valence-electron chi connectivity index (χ4n) is 3.43. The lowest BCUT2D eigenvalue weighted by Crippen LogP contribution is -2.15. The molecule has 2 aromatic carbocycles. The summed E-state index contributed by atoms with van der Waals surface area (Å²) in [5.74, 6) is -0.697. The topological polar surface area (TPSA) is 59.8 Å². The van der Waals surface area contributed by atoms with Crippen molar-refractivity contribution in [3.63, 3.8) is 0 Å². The Labute approximate surface area is 172 Å². The number of thioether (sulfide) groups is 1. The summed E-state index contributed by atoms with van der Waals surface area (Å²) in [4.78, 5) is 17.0. The summed E-state index contributed by atoms with van der Waals surface area (Å²) >= 11 is 2.69. The lowest BCUT2D eigenvalue weighted by Gasteiger charge is -2.16. The summed E-state index contributed by atoms with van der Waals surface area (Å²) in [5, 5.41) is 7.49. The highest BCUT2D eigenvalue weighted by Gasteiger charge is 2.32. The number of nitrogens with one attached hydrogen (secondary N) is 1. The van der Waals surface area contributed by atoms with E-state index in [9.17, 15) is 13.6 Å². The van der Waals surface area contributed by atoms with Gasteiger partial charge in [-0.05, 0) is 37.3 Å². The summed E-state index contributed by atoms with van der Waals surface area (Å²) in [5.41, 5.74) is 2.31. The van der Waals surface area contributed by atoms with Gasteiger partial charge in [0.25, 0.3) is 0 Å².